The maximum absolute atomic E-state index is 12.4. The van der Waals surface area contributed by atoms with Crippen LogP contribution in [0.25, 0.3) is 10.9 Å². The number of hydrogen-bond donors (Lipinski definition) is 1. The Morgan fingerprint density at radius 2 is 2.12 bits per heavy atom. The molecule has 1 atom stereocenters. The van der Waals surface area contributed by atoms with Crippen LogP contribution in [0.4, 0.5) is 0 Å². The smallest absolute Gasteiger partial charge is 0.241 e. The number of aromatic nitrogens is 2. The fraction of sp³-hybridized carbons (Fsp3) is 0.278. The molecule has 0 bridgehead atoms. The molecule has 3 aromatic rings. The monoisotopic (exact) mass is 356 g/mol. The number of fused-ring (bicyclic) bond motifs is 1. The van der Waals surface area contributed by atoms with Crippen molar-refractivity contribution in [3.8, 4) is 0 Å². The number of carbonyl (C=O) groups is 1. The Morgan fingerprint density at radius 3 is 2.84 bits per heavy atom. The molecule has 25 heavy (non-hydrogen) atoms. The van der Waals surface area contributed by atoms with Crippen molar-refractivity contribution in [2.45, 2.75) is 12.6 Å². The minimum Gasteiger partial charge on any atom is -0.353 e. The Bertz CT molecular complexity index is 918. The summed E-state index contributed by atoms with van der Waals surface area (Å²) >= 11 is 1.64. The predicted octanol–water partition coefficient (Wildman–Crippen LogP) is 1.88. The van der Waals surface area contributed by atoms with Crippen LogP contribution in [0, 0.1) is 0 Å². The van der Waals surface area contributed by atoms with Crippen molar-refractivity contribution >= 4 is 28.1 Å². The second kappa shape index (κ2) is 7.58. The van der Waals surface area contributed by atoms with E-state index in [4.69, 9.17) is 0 Å². The number of carbonyl (C=O) groups excluding carboxylic acids is 1. The van der Waals surface area contributed by atoms with Gasteiger partial charge in [0, 0.05) is 11.9 Å². The highest BCUT2D eigenvalue weighted by atomic mass is 32.1. The average molecular weight is 356 g/mol. The van der Waals surface area contributed by atoms with Gasteiger partial charge in [0.1, 0.15) is 6.54 Å². The van der Waals surface area contributed by atoms with E-state index in [1.54, 1.807) is 34.2 Å². The van der Waals surface area contributed by atoms with Crippen LogP contribution in [0.3, 0.4) is 0 Å². The Morgan fingerprint density at radius 1 is 1.32 bits per heavy atom. The number of nitrogens with one attached hydrogen (secondary N) is 1. The molecule has 0 aliphatic carbocycles. The van der Waals surface area contributed by atoms with Crippen LogP contribution in [0.15, 0.2) is 52.1 Å². The number of nitrogens with zero attached hydrogens (tertiary/aromatic N) is 3. The second-order valence-corrected chi connectivity index (χ2v) is 6.80. The number of amides is 1. The zero-order chi connectivity index (χ0) is 17.8. The molecule has 0 spiro atoms. The van der Waals surface area contributed by atoms with Crippen LogP contribution in [0.2, 0.25) is 0 Å². The van der Waals surface area contributed by atoms with E-state index in [9.17, 15) is 9.59 Å². The van der Waals surface area contributed by atoms with Crippen LogP contribution in [-0.4, -0.2) is 41.2 Å². The number of hydrogen-bond acceptors (Lipinski definition) is 5. The highest BCUT2D eigenvalue weighted by Gasteiger charge is 2.16. The van der Waals surface area contributed by atoms with Crippen molar-refractivity contribution in [2.24, 2.45) is 0 Å². The topological polar surface area (TPSA) is 67.2 Å². The summed E-state index contributed by atoms with van der Waals surface area (Å²) in [6, 6.07) is 9.36. The number of likely N-dealkylation sites (N-methyl/N-ethyl adjacent to an activating group) is 1. The zero-order valence-electron chi connectivity index (χ0n) is 14.2. The molecule has 1 aromatic carbocycles. The highest BCUT2D eigenvalue weighted by Crippen LogP contribution is 2.19. The Labute approximate surface area is 149 Å². The molecule has 1 unspecified atom stereocenters. The van der Waals surface area contributed by atoms with Gasteiger partial charge < -0.3 is 10.2 Å². The molecular formula is C18H20N4O2S. The van der Waals surface area contributed by atoms with E-state index in [0.29, 0.717) is 17.4 Å². The fourth-order valence-corrected chi connectivity index (χ4v) is 3.46. The minimum atomic E-state index is -0.141. The van der Waals surface area contributed by atoms with Gasteiger partial charge in [-0.1, -0.05) is 12.1 Å². The molecule has 0 saturated heterocycles. The van der Waals surface area contributed by atoms with Gasteiger partial charge in [-0.2, -0.15) is 16.4 Å². The van der Waals surface area contributed by atoms with E-state index < -0.39 is 0 Å². The largest absolute Gasteiger partial charge is 0.353 e. The van der Waals surface area contributed by atoms with Gasteiger partial charge in [-0.15, -0.1) is 0 Å². The van der Waals surface area contributed by atoms with E-state index >= 15 is 0 Å². The van der Waals surface area contributed by atoms with E-state index in [1.165, 1.54) is 11.8 Å². The van der Waals surface area contributed by atoms with Crippen LogP contribution in [-0.2, 0) is 11.3 Å². The fourth-order valence-electron chi connectivity index (χ4n) is 2.75. The molecule has 0 aliphatic heterocycles. The van der Waals surface area contributed by atoms with Gasteiger partial charge in [0.2, 0.25) is 11.3 Å². The maximum atomic E-state index is 12.4. The summed E-state index contributed by atoms with van der Waals surface area (Å²) in [6.07, 6.45) is 1.25. The SMILES string of the molecule is CN(C)C(CNC(=O)Cn1ncc(=O)c2ccccc21)c1ccsc1. The van der Waals surface area contributed by atoms with Crippen molar-refractivity contribution in [3.05, 3.63) is 63.1 Å². The quantitative estimate of drug-likeness (QED) is 0.732. The molecule has 0 saturated carbocycles. The Hall–Kier alpha value is -2.51. The van der Waals surface area contributed by atoms with Crippen molar-refractivity contribution in [3.63, 3.8) is 0 Å². The first-order valence-corrected chi connectivity index (χ1v) is 8.90. The van der Waals surface area contributed by atoms with Crippen LogP contribution in [0.1, 0.15) is 11.6 Å². The molecule has 0 fully saturated rings. The van der Waals surface area contributed by atoms with Crippen LogP contribution in [0.5, 0.6) is 0 Å². The lowest BCUT2D eigenvalue weighted by Crippen LogP contribution is -2.36. The minimum absolute atomic E-state index is 0.0740. The van der Waals surface area contributed by atoms with Gasteiger partial charge in [-0.3, -0.25) is 14.3 Å². The third-order valence-corrected chi connectivity index (χ3v) is 4.80. The van der Waals surface area contributed by atoms with Gasteiger partial charge in [0.05, 0.1) is 17.8 Å². The lowest BCUT2D eigenvalue weighted by atomic mass is 10.1. The van der Waals surface area contributed by atoms with Gasteiger partial charge in [-0.25, -0.2) is 0 Å². The van der Waals surface area contributed by atoms with E-state index in [-0.39, 0.29) is 23.9 Å². The summed E-state index contributed by atoms with van der Waals surface area (Å²) in [4.78, 5) is 26.3. The third kappa shape index (κ3) is 3.94. The summed E-state index contributed by atoms with van der Waals surface area (Å²) in [5.74, 6) is -0.136. The summed E-state index contributed by atoms with van der Waals surface area (Å²) in [5.41, 5.74) is 1.70. The second-order valence-electron chi connectivity index (χ2n) is 6.02. The highest BCUT2D eigenvalue weighted by molar-refractivity contribution is 7.07. The van der Waals surface area contributed by atoms with E-state index in [0.717, 1.165) is 0 Å². The maximum Gasteiger partial charge on any atom is 0.241 e. The molecule has 6 nitrogen and oxygen atoms in total. The summed E-state index contributed by atoms with van der Waals surface area (Å²) < 4.78 is 1.56. The first-order chi connectivity index (χ1) is 12.1. The van der Waals surface area contributed by atoms with Crippen molar-refractivity contribution in [2.75, 3.05) is 20.6 Å². The zero-order valence-corrected chi connectivity index (χ0v) is 15.0. The Balaban J connectivity index is 1.71. The molecule has 1 N–H and O–H groups in total. The van der Waals surface area contributed by atoms with Crippen LogP contribution < -0.4 is 10.7 Å². The molecule has 1 amide bonds. The first-order valence-electron chi connectivity index (χ1n) is 7.96. The number of para-hydroxylation sites is 1. The molecule has 0 radical (unpaired) electrons. The normalized spacial score (nSPS) is 12.4. The van der Waals surface area contributed by atoms with Crippen LogP contribution >= 0.6 is 11.3 Å². The molecule has 7 heteroatoms. The summed E-state index contributed by atoms with van der Waals surface area (Å²) in [5, 5.41) is 11.7. The molecular weight excluding hydrogens is 336 g/mol. The van der Waals surface area contributed by atoms with E-state index in [2.05, 4.69) is 26.8 Å². The molecule has 0 aliphatic rings. The molecule has 3 rings (SSSR count). The van der Waals surface area contributed by atoms with E-state index in [1.807, 2.05) is 25.5 Å². The van der Waals surface area contributed by atoms with Gasteiger partial charge in [-0.05, 0) is 48.6 Å². The summed E-state index contributed by atoms with van der Waals surface area (Å²) in [7, 11) is 3.98. The van der Waals surface area contributed by atoms with Crippen molar-refractivity contribution in [1.82, 2.24) is 20.0 Å². The molecule has 2 aromatic heterocycles. The summed E-state index contributed by atoms with van der Waals surface area (Å²) in [6.45, 7) is 0.589. The van der Waals surface area contributed by atoms with Crippen molar-refractivity contribution < 1.29 is 4.79 Å². The Kier molecular flexibility index (Phi) is 5.25. The van der Waals surface area contributed by atoms with Gasteiger partial charge >= 0.3 is 0 Å². The first kappa shape index (κ1) is 17.3. The predicted molar refractivity (Wildman–Crippen MR) is 99.8 cm³/mol. The van der Waals surface area contributed by atoms with Gasteiger partial charge in [0.25, 0.3) is 0 Å². The lowest BCUT2D eigenvalue weighted by molar-refractivity contribution is -0.122. The number of benzene rings is 1. The van der Waals surface area contributed by atoms with Crippen molar-refractivity contribution in [1.29, 1.82) is 0 Å². The van der Waals surface area contributed by atoms with Gasteiger partial charge in [0.15, 0.2) is 0 Å². The molecule has 2 heterocycles. The average Bonchev–Trinajstić information content (AvgIpc) is 3.12. The third-order valence-electron chi connectivity index (χ3n) is 4.10. The standard InChI is InChI=1S/C18H20N4O2S/c1-21(2)16(13-7-8-25-12-13)9-19-18(24)11-22-15-6-4-3-5-14(15)17(23)10-20-22/h3-8,10,12,16H,9,11H2,1-2H3,(H,19,24). The molecule has 130 valence electrons. The number of rotatable bonds is 6. The number of thiophene rings is 1. The lowest BCUT2D eigenvalue weighted by Gasteiger charge is -2.24.